The molecule has 1 heterocycles. The molecule has 1 aliphatic rings. The fourth-order valence-electron chi connectivity index (χ4n) is 4.04. The van der Waals surface area contributed by atoms with Gasteiger partial charge in [-0.1, -0.05) is 43.5 Å². The Labute approximate surface area is 198 Å². The Bertz CT molecular complexity index is 1310. The molecule has 0 unspecified atom stereocenters. The molecule has 0 atom stereocenters. The molecule has 0 aliphatic heterocycles. The van der Waals surface area contributed by atoms with Crippen LogP contribution in [0.1, 0.15) is 42.6 Å². The van der Waals surface area contributed by atoms with Crippen molar-refractivity contribution in [1.82, 2.24) is 14.3 Å². The van der Waals surface area contributed by atoms with Gasteiger partial charge in [0.15, 0.2) is 12.3 Å². The largest absolute Gasteiger partial charge is 0.451 e. The van der Waals surface area contributed by atoms with Crippen LogP contribution >= 0.6 is 0 Å². The fraction of sp³-hybridized carbons (Fsp3) is 0.333. The maximum absolute atomic E-state index is 13.3. The van der Waals surface area contributed by atoms with Crippen LogP contribution < -0.4 is 5.32 Å². The van der Waals surface area contributed by atoms with Gasteiger partial charge in [0.05, 0.1) is 22.9 Å². The average Bonchev–Trinajstić information content (AvgIpc) is 2.87. The predicted octanol–water partition coefficient (Wildman–Crippen LogP) is 3.38. The zero-order chi connectivity index (χ0) is 24.1. The van der Waals surface area contributed by atoms with E-state index in [1.54, 1.807) is 37.4 Å². The minimum absolute atomic E-state index is 0.00291. The smallest absolute Gasteiger partial charge is 0.359 e. The van der Waals surface area contributed by atoms with Gasteiger partial charge in [-0.3, -0.25) is 9.78 Å². The zero-order valence-corrected chi connectivity index (χ0v) is 19.6. The Morgan fingerprint density at radius 3 is 2.47 bits per heavy atom. The molecule has 1 saturated carbocycles. The molecule has 1 aromatic heterocycles. The molecule has 0 spiro atoms. The van der Waals surface area contributed by atoms with Crippen LogP contribution in [0.2, 0.25) is 0 Å². The predicted molar refractivity (Wildman–Crippen MR) is 127 cm³/mol. The van der Waals surface area contributed by atoms with Crippen molar-refractivity contribution in [2.75, 3.05) is 19.0 Å². The van der Waals surface area contributed by atoms with Crippen LogP contribution in [0.5, 0.6) is 0 Å². The molecule has 4 rings (SSSR count). The Kier molecular flexibility index (Phi) is 7.18. The van der Waals surface area contributed by atoms with Gasteiger partial charge in [0.25, 0.3) is 5.91 Å². The van der Waals surface area contributed by atoms with Crippen molar-refractivity contribution >= 4 is 38.6 Å². The van der Waals surface area contributed by atoms with Crippen molar-refractivity contribution in [3.8, 4) is 0 Å². The number of hydrogen-bond acceptors (Lipinski definition) is 7. The number of carbonyl (C=O) groups is 2. The van der Waals surface area contributed by atoms with Crippen molar-refractivity contribution in [3.63, 3.8) is 0 Å². The Morgan fingerprint density at radius 1 is 1.03 bits per heavy atom. The number of amides is 1. The van der Waals surface area contributed by atoms with E-state index in [9.17, 15) is 18.0 Å². The van der Waals surface area contributed by atoms with Gasteiger partial charge >= 0.3 is 5.97 Å². The van der Waals surface area contributed by atoms with Crippen LogP contribution in [-0.4, -0.2) is 54.3 Å². The molecule has 1 amide bonds. The standard InChI is InChI=1S/C24H26N4O5S/c1-28(17-9-3-2-4-10-17)34(31,32)22-14-8-7-13-20(22)27-23(29)16-33-24(30)21-15-25-18-11-5-6-12-19(18)26-21/h5-8,11-15,17H,2-4,9-10,16H2,1H3,(H,27,29). The Balaban J connectivity index is 1.42. The van der Waals surface area contributed by atoms with Crippen LogP contribution in [0.25, 0.3) is 11.0 Å². The first-order chi connectivity index (χ1) is 16.4. The summed E-state index contributed by atoms with van der Waals surface area (Å²) in [7, 11) is -2.24. The van der Waals surface area contributed by atoms with Crippen LogP contribution in [0.4, 0.5) is 5.69 Å². The molecule has 10 heteroatoms. The van der Waals surface area contributed by atoms with E-state index in [1.165, 1.54) is 22.6 Å². The highest BCUT2D eigenvalue weighted by Gasteiger charge is 2.31. The molecule has 2 aromatic carbocycles. The second-order valence-electron chi connectivity index (χ2n) is 8.18. The number of rotatable bonds is 7. The molecule has 1 N–H and O–H groups in total. The minimum Gasteiger partial charge on any atom is -0.451 e. The number of nitrogens with zero attached hydrogens (tertiary/aromatic N) is 3. The number of ether oxygens (including phenoxy) is 1. The average molecular weight is 483 g/mol. The molecule has 9 nitrogen and oxygen atoms in total. The number of aromatic nitrogens is 2. The number of sulfonamides is 1. The molecule has 34 heavy (non-hydrogen) atoms. The number of benzene rings is 2. The molecule has 0 radical (unpaired) electrons. The first-order valence-corrected chi connectivity index (χ1v) is 12.6. The summed E-state index contributed by atoms with van der Waals surface area (Å²) >= 11 is 0. The third-order valence-corrected chi connectivity index (χ3v) is 7.87. The molecular weight excluding hydrogens is 456 g/mol. The third-order valence-electron chi connectivity index (χ3n) is 5.90. The van der Waals surface area contributed by atoms with E-state index >= 15 is 0 Å². The number of carbonyl (C=O) groups excluding carboxylic acids is 2. The van der Waals surface area contributed by atoms with E-state index in [2.05, 4.69) is 15.3 Å². The summed E-state index contributed by atoms with van der Waals surface area (Å²) in [5.41, 5.74) is 1.27. The van der Waals surface area contributed by atoms with Gasteiger partial charge in [0.2, 0.25) is 10.0 Å². The van der Waals surface area contributed by atoms with Gasteiger partial charge in [0, 0.05) is 13.1 Å². The maximum atomic E-state index is 13.3. The lowest BCUT2D eigenvalue weighted by Crippen LogP contribution is -2.38. The zero-order valence-electron chi connectivity index (χ0n) is 18.8. The van der Waals surface area contributed by atoms with Crippen LogP contribution in [0.15, 0.2) is 59.6 Å². The van der Waals surface area contributed by atoms with E-state index < -0.39 is 28.5 Å². The molecule has 0 saturated heterocycles. The van der Waals surface area contributed by atoms with Gasteiger partial charge in [-0.15, -0.1) is 0 Å². The number of fused-ring (bicyclic) bond motifs is 1. The number of para-hydroxylation sites is 3. The highest BCUT2D eigenvalue weighted by atomic mass is 32.2. The number of hydrogen-bond donors (Lipinski definition) is 1. The van der Waals surface area contributed by atoms with E-state index in [1.807, 2.05) is 6.07 Å². The fourth-order valence-corrected chi connectivity index (χ4v) is 5.60. The van der Waals surface area contributed by atoms with Gasteiger partial charge in [-0.05, 0) is 37.1 Å². The summed E-state index contributed by atoms with van der Waals surface area (Å²) in [5, 5.41) is 2.55. The summed E-state index contributed by atoms with van der Waals surface area (Å²) in [5.74, 6) is -1.46. The van der Waals surface area contributed by atoms with Gasteiger partial charge in [-0.2, -0.15) is 4.31 Å². The highest BCUT2D eigenvalue weighted by Crippen LogP contribution is 2.29. The van der Waals surface area contributed by atoms with Gasteiger partial charge in [-0.25, -0.2) is 18.2 Å². The normalized spacial score (nSPS) is 14.8. The lowest BCUT2D eigenvalue weighted by Gasteiger charge is -2.30. The van der Waals surface area contributed by atoms with Crippen LogP contribution in [-0.2, 0) is 19.6 Å². The minimum atomic E-state index is -3.82. The van der Waals surface area contributed by atoms with Gasteiger partial charge in [0.1, 0.15) is 4.90 Å². The van der Waals surface area contributed by atoms with Crippen molar-refractivity contribution in [2.45, 2.75) is 43.0 Å². The second-order valence-corrected chi connectivity index (χ2v) is 10.1. The summed E-state index contributed by atoms with van der Waals surface area (Å²) in [6.07, 6.45) is 6.02. The number of anilines is 1. The molecule has 1 aliphatic carbocycles. The number of nitrogens with one attached hydrogen (secondary N) is 1. The number of esters is 1. The lowest BCUT2D eigenvalue weighted by molar-refractivity contribution is -0.119. The topological polar surface area (TPSA) is 119 Å². The highest BCUT2D eigenvalue weighted by molar-refractivity contribution is 7.89. The molecule has 178 valence electrons. The molecular formula is C24H26N4O5S. The van der Waals surface area contributed by atoms with E-state index in [-0.39, 0.29) is 22.3 Å². The first-order valence-electron chi connectivity index (χ1n) is 11.1. The second kappa shape index (κ2) is 10.3. The van der Waals surface area contributed by atoms with E-state index in [0.717, 1.165) is 32.1 Å². The van der Waals surface area contributed by atoms with Crippen molar-refractivity contribution < 1.29 is 22.7 Å². The molecule has 1 fully saturated rings. The monoisotopic (exact) mass is 482 g/mol. The molecule has 3 aromatic rings. The summed E-state index contributed by atoms with van der Waals surface area (Å²) in [6, 6.07) is 13.2. The van der Waals surface area contributed by atoms with Gasteiger partial charge < -0.3 is 10.1 Å². The SMILES string of the molecule is CN(C1CCCCC1)S(=O)(=O)c1ccccc1NC(=O)COC(=O)c1cnc2ccccc2n1. The quantitative estimate of drug-likeness (QED) is 0.513. The summed E-state index contributed by atoms with van der Waals surface area (Å²) < 4.78 is 33.0. The van der Waals surface area contributed by atoms with E-state index in [0.29, 0.717) is 11.0 Å². The lowest BCUT2D eigenvalue weighted by atomic mass is 9.96. The van der Waals surface area contributed by atoms with Crippen molar-refractivity contribution in [3.05, 3.63) is 60.4 Å². The van der Waals surface area contributed by atoms with E-state index in [4.69, 9.17) is 4.74 Å². The van der Waals surface area contributed by atoms with Crippen LogP contribution in [0, 0.1) is 0 Å². The first kappa shape index (κ1) is 23.8. The Morgan fingerprint density at radius 2 is 1.71 bits per heavy atom. The maximum Gasteiger partial charge on any atom is 0.359 e. The van der Waals surface area contributed by atoms with Crippen molar-refractivity contribution in [1.29, 1.82) is 0 Å². The molecule has 0 bridgehead atoms. The van der Waals surface area contributed by atoms with Crippen LogP contribution in [0.3, 0.4) is 0 Å². The summed E-state index contributed by atoms with van der Waals surface area (Å²) in [4.78, 5) is 33.2. The third kappa shape index (κ3) is 5.23. The Hall–Kier alpha value is -3.37. The summed E-state index contributed by atoms with van der Waals surface area (Å²) in [6.45, 7) is -0.597. The van der Waals surface area contributed by atoms with Crippen molar-refractivity contribution in [2.24, 2.45) is 0 Å².